The molecule has 12 nitrogen and oxygen atoms in total. The molecular formula is C36H66N6O6. The van der Waals surface area contributed by atoms with Crippen molar-refractivity contribution in [3.63, 3.8) is 0 Å². The summed E-state index contributed by atoms with van der Waals surface area (Å²) in [6.07, 6.45) is 3.39. The van der Waals surface area contributed by atoms with Crippen molar-refractivity contribution in [3.8, 4) is 0 Å². The third-order valence-corrected chi connectivity index (χ3v) is 8.63. The van der Waals surface area contributed by atoms with Crippen molar-refractivity contribution in [3.05, 3.63) is 35.9 Å². The average Bonchev–Trinajstić information content (AvgIpc) is 3.58. The van der Waals surface area contributed by atoms with Gasteiger partial charge in [-0.25, -0.2) is 0 Å². The van der Waals surface area contributed by atoms with Crippen LogP contribution in [0.4, 0.5) is 0 Å². The van der Waals surface area contributed by atoms with E-state index in [0.717, 1.165) is 31.2 Å². The summed E-state index contributed by atoms with van der Waals surface area (Å²) in [6.45, 7) is 11.2. The normalized spacial score (nSPS) is 16.9. The van der Waals surface area contributed by atoms with Crippen molar-refractivity contribution < 1.29 is 28.7 Å². The Hall–Kier alpha value is -3.06. The predicted molar refractivity (Wildman–Crippen MR) is 192 cm³/mol. The molecule has 1 fully saturated rings. The van der Waals surface area contributed by atoms with Crippen molar-refractivity contribution in [1.29, 1.82) is 0 Å². The third-order valence-electron chi connectivity index (χ3n) is 8.63. The van der Waals surface area contributed by atoms with Crippen LogP contribution in [0.3, 0.4) is 0 Å². The number of carbonyl (C=O) groups excluding carboxylic acids is 4. The van der Waals surface area contributed by atoms with Crippen LogP contribution in [0.2, 0.25) is 0 Å². The van der Waals surface area contributed by atoms with Crippen LogP contribution in [-0.4, -0.2) is 119 Å². The highest BCUT2D eigenvalue weighted by Crippen LogP contribution is 2.29. The van der Waals surface area contributed by atoms with E-state index in [1.165, 1.54) is 13.5 Å². The van der Waals surface area contributed by atoms with Gasteiger partial charge in [0.25, 0.3) is 0 Å². The Kier molecular flexibility index (Phi) is 24.2. The highest BCUT2D eigenvalue weighted by atomic mass is 16.5. The second-order valence-electron chi connectivity index (χ2n) is 12.2. The standard InChI is InChI=1S/C32H53N5O6.C3H8.CH5N/c1-8-22(2)30(36(5)29(40)21-35-27(38)20-33-4)26(42-6)19-28(39)37-18-12-15-25(37)31(43-7)23(3)32(41)34-17-16-24-13-10-9-11-14-24;1-3-2;1-2/h9-11,13-14,22-23,25-26,30-31,33H,8,12,15-21H2,1-7H3,(H,34,41)(H,35,38);3H2,1-2H3;2H2,1H3. The van der Waals surface area contributed by atoms with Gasteiger partial charge in [-0.2, -0.15) is 0 Å². The van der Waals surface area contributed by atoms with E-state index in [2.05, 4.69) is 35.5 Å². The van der Waals surface area contributed by atoms with Crippen LogP contribution in [0.25, 0.3) is 0 Å². The van der Waals surface area contributed by atoms with E-state index in [-0.39, 0.29) is 61.1 Å². The molecule has 12 heteroatoms. The van der Waals surface area contributed by atoms with Gasteiger partial charge >= 0.3 is 0 Å². The number of nitrogens with two attached hydrogens (primary N) is 1. The van der Waals surface area contributed by atoms with Gasteiger partial charge in [0.2, 0.25) is 23.6 Å². The zero-order chi connectivity index (χ0) is 36.6. The van der Waals surface area contributed by atoms with Crippen LogP contribution >= 0.6 is 0 Å². The second-order valence-corrected chi connectivity index (χ2v) is 12.2. The summed E-state index contributed by atoms with van der Waals surface area (Å²) >= 11 is 0. The molecule has 6 unspecified atom stereocenters. The van der Waals surface area contributed by atoms with Crippen LogP contribution in [0.5, 0.6) is 0 Å². The third kappa shape index (κ3) is 15.0. The molecule has 6 atom stereocenters. The summed E-state index contributed by atoms with van der Waals surface area (Å²) in [5, 5.41) is 8.41. The number of likely N-dealkylation sites (N-methyl/N-ethyl adjacent to an activating group) is 2. The SMILES string of the molecule is CCC.CCC(C)C(C(CC(=O)N1CCCC1C(OC)C(C)C(=O)NCCc1ccccc1)OC)N(C)C(=O)CNC(=O)CNC.CN. The first-order valence-corrected chi connectivity index (χ1v) is 17.4. The molecular weight excluding hydrogens is 612 g/mol. The van der Waals surface area contributed by atoms with Crippen LogP contribution in [0.15, 0.2) is 30.3 Å². The Labute approximate surface area is 290 Å². The van der Waals surface area contributed by atoms with Crippen molar-refractivity contribution in [2.75, 3.05) is 61.5 Å². The molecule has 0 bridgehead atoms. The number of benzene rings is 1. The number of amides is 4. The minimum atomic E-state index is -0.551. The molecule has 0 spiro atoms. The van der Waals surface area contributed by atoms with Crippen molar-refractivity contribution in [1.82, 2.24) is 25.8 Å². The first kappa shape index (κ1) is 44.9. The van der Waals surface area contributed by atoms with E-state index in [9.17, 15) is 19.2 Å². The zero-order valence-electron chi connectivity index (χ0n) is 31.3. The van der Waals surface area contributed by atoms with Gasteiger partial charge in [-0.15, -0.1) is 0 Å². The van der Waals surface area contributed by atoms with Crippen LogP contribution in [-0.2, 0) is 35.1 Å². The molecule has 1 aromatic carbocycles. The Morgan fingerprint density at radius 2 is 1.62 bits per heavy atom. The molecule has 1 aromatic rings. The maximum Gasteiger partial charge on any atom is 0.242 e. The molecule has 5 N–H and O–H groups in total. The van der Waals surface area contributed by atoms with Gasteiger partial charge in [0.15, 0.2) is 0 Å². The number of hydrogen-bond donors (Lipinski definition) is 4. The molecule has 0 radical (unpaired) electrons. The van der Waals surface area contributed by atoms with E-state index >= 15 is 0 Å². The summed E-state index contributed by atoms with van der Waals surface area (Å²) in [7, 11) is 8.00. The molecule has 0 aromatic heterocycles. The van der Waals surface area contributed by atoms with E-state index in [4.69, 9.17) is 9.47 Å². The second kappa shape index (κ2) is 25.9. The average molecular weight is 679 g/mol. The minimum Gasteiger partial charge on any atom is -0.379 e. The Balaban J connectivity index is 0.00000417. The van der Waals surface area contributed by atoms with Gasteiger partial charge in [0, 0.05) is 34.4 Å². The summed E-state index contributed by atoms with van der Waals surface area (Å²) in [6, 6.07) is 9.38. The number of likely N-dealkylation sites (tertiary alicyclic amines) is 1. The lowest BCUT2D eigenvalue weighted by Gasteiger charge is -2.39. The lowest BCUT2D eigenvalue weighted by Crippen LogP contribution is -2.54. The van der Waals surface area contributed by atoms with Crippen molar-refractivity contribution >= 4 is 23.6 Å². The van der Waals surface area contributed by atoms with Crippen molar-refractivity contribution in [2.24, 2.45) is 17.6 Å². The van der Waals surface area contributed by atoms with Gasteiger partial charge < -0.3 is 41.0 Å². The quantitative estimate of drug-likeness (QED) is 0.185. The summed E-state index contributed by atoms with van der Waals surface area (Å²) in [5.74, 6) is -1.13. The zero-order valence-corrected chi connectivity index (χ0v) is 31.3. The number of methoxy groups -OCH3 is 2. The van der Waals surface area contributed by atoms with E-state index in [0.29, 0.717) is 13.1 Å². The van der Waals surface area contributed by atoms with Gasteiger partial charge in [-0.1, -0.05) is 77.8 Å². The lowest BCUT2D eigenvalue weighted by molar-refractivity contribution is -0.145. The summed E-state index contributed by atoms with van der Waals surface area (Å²) < 4.78 is 11.7. The number of nitrogens with one attached hydrogen (secondary N) is 3. The van der Waals surface area contributed by atoms with Gasteiger partial charge in [0.05, 0.1) is 49.7 Å². The van der Waals surface area contributed by atoms with Crippen LogP contribution in [0, 0.1) is 11.8 Å². The number of nitrogens with zero attached hydrogens (tertiary/aromatic N) is 2. The van der Waals surface area contributed by atoms with E-state index < -0.39 is 18.1 Å². The van der Waals surface area contributed by atoms with Gasteiger partial charge in [-0.05, 0) is 44.8 Å². The Morgan fingerprint density at radius 1 is 1.00 bits per heavy atom. The van der Waals surface area contributed by atoms with Crippen LogP contribution in [0.1, 0.15) is 72.3 Å². The topological polar surface area (TPSA) is 155 Å². The fraction of sp³-hybridized carbons (Fsp3) is 0.722. The molecule has 0 aliphatic carbocycles. The van der Waals surface area contributed by atoms with E-state index in [1.807, 2.05) is 56.0 Å². The highest BCUT2D eigenvalue weighted by molar-refractivity contribution is 5.86. The Bertz CT molecular complexity index is 1050. The lowest BCUT2D eigenvalue weighted by atomic mass is 9.90. The number of rotatable bonds is 18. The first-order chi connectivity index (χ1) is 23.0. The molecule has 4 amide bonds. The smallest absolute Gasteiger partial charge is 0.242 e. The maximum absolute atomic E-state index is 13.8. The monoisotopic (exact) mass is 679 g/mol. The number of ether oxygens (including phenoxy) is 2. The minimum absolute atomic E-state index is 0.0420. The molecule has 0 saturated carbocycles. The van der Waals surface area contributed by atoms with Crippen LogP contribution < -0.4 is 21.7 Å². The maximum atomic E-state index is 13.8. The van der Waals surface area contributed by atoms with E-state index in [1.54, 1.807) is 33.2 Å². The molecule has 276 valence electrons. The molecule has 2 rings (SSSR count). The fourth-order valence-electron chi connectivity index (χ4n) is 5.98. The summed E-state index contributed by atoms with van der Waals surface area (Å²) in [4.78, 5) is 55.2. The molecule has 1 aliphatic heterocycles. The Morgan fingerprint density at radius 3 is 2.17 bits per heavy atom. The fourth-order valence-corrected chi connectivity index (χ4v) is 5.98. The number of hydrogen-bond acceptors (Lipinski definition) is 8. The molecule has 1 heterocycles. The summed E-state index contributed by atoms with van der Waals surface area (Å²) in [5.41, 5.74) is 5.65. The van der Waals surface area contributed by atoms with Crippen molar-refractivity contribution in [2.45, 2.75) is 97.4 Å². The largest absolute Gasteiger partial charge is 0.379 e. The molecule has 1 saturated heterocycles. The number of carbonyl (C=O) groups is 4. The van der Waals surface area contributed by atoms with Gasteiger partial charge in [0.1, 0.15) is 0 Å². The first-order valence-electron chi connectivity index (χ1n) is 17.4. The van der Waals surface area contributed by atoms with Gasteiger partial charge in [-0.3, -0.25) is 19.2 Å². The highest BCUT2D eigenvalue weighted by Gasteiger charge is 2.41. The molecule has 48 heavy (non-hydrogen) atoms. The predicted octanol–water partition coefficient (Wildman–Crippen LogP) is 2.59. The molecule has 1 aliphatic rings.